The minimum atomic E-state index is -0.371. The molecule has 1 saturated carbocycles. The van der Waals surface area contributed by atoms with Crippen molar-refractivity contribution < 1.29 is 14.4 Å². The van der Waals surface area contributed by atoms with E-state index in [0.29, 0.717) is 0 Å². The Morgan fingerprint density at radius 1 is 1.00 bits per heavy atom. The number of anilines is 1. The van der Waals surface area contributed by atoms with Crippen LogP contribution in [0.2, 0.25) is 0 Å². The average molecular weight is 303 g/mol. The number of rotatable bonds is 5. The summed E-state index contributed by atoms with van der Waals surface area (Å²) in [5.41, 5.74) is 7.65. The number of hydrogen-bond donors (Lipinski definition) is 3. The van der Waals surface area contributed by atoms with Gasteiger partial charge in [-0.05, 0) is 49.9 Å². The smallest absolute Gasteiger partial charge is 0.241 e. The molecule has 22 heavy (non-hydrogen) atoms. The molecule has 2 rings (SSSR count). The average Bonchev–Trinajstić information content (AvgIpc) is 3.31. The Bertz CT molecular complexity index is 594. The molecule has 1 aliphatic carbocycles. The SMILES string of the molecule is Cc1ccc(NC(=O)CCC(=O)NNC(=O)C2CC2)cc1C. The van der Waals surface area contributed by atoms with E-state index in [1.54, 1.807) is 0 Å². The van der Waals surface area contributed by atoms with Crippen LogP contribution < -0.4 is 16.2 Å². The maximum absolute atomic E-state index is 11.8. The second-order valence-electron chi connectivity index (χ2n) is 5.66. The van der Waals surface area contributed by atoms with Crippen LogP contribution in [-0.4, -0.2) is 17.7 Å². The van der Waals surface area contributed by atoms with E-state index in [0.717, 1.165) is 29.7 Å². The van der Waals surface area contributed by atoms with Gasteiger partial charge in [0.25, 0.3) is 0 Å². The van der Waals surface area contributed by atoms with E-state index in [-0.39, 0.29) is 36.5 Å². The fraction of sp³-hybridized carbons (Fsp3) is 0.438. The fourth-order valence-electron chi connectivity index (χ4n) is 1.91. The number of carbonyl (C=O) groups is 3. The van der Waals surface area contributed by atoms with Crippen LogP contribution in [0.3, 0.4) is 0 Å². The standard InChI is InChI=1S/C16H21N3O3/c1-10-3-6-13(9-11(10)2)17-14(20)7-8-15(21)18-19-16(22)12-4-5-12/h3,6,9,12H,4-5,7-8H2,1-2H3,(H,17,20)(H,18,21)(H,19,22). The normalized spacial score (nSPS) is 13.4. The first-order valence-electron chi connectivity index (χ1n) is 7.41. The first-order chi connectivity index (χ1) is 10.5. The van der Waals surface area contributed by atoms with Crippen molar-refractivity contribution in [1.82, 2.24) is 10.9 Å². The molecule has 0 atom stereocenters. The van der Waals surface area contributed by atoms with Gasteiger partial charge in [-0.15, -0.1) is 0 Å². The van der Waals surface area contributed by atoms with Crippen LogP contribution >= 0.6 is 0 Å². The molecular weight excluding hydrogens is 282 g/mol. The molecule has 1 aromatic rings. The Hall–Kier alpha value is -2.37. The van der Waals surface area contributed by atoms with Gasteiger partial charge in [0, 0.05) is 24.4 Å². The number of carbonyl (C=O) groups excluding carboxylic acids is 3. The zero-order valence-corrected chi connectivity index (χ0v) is 12.9. The van der Waals surface area contributed by atoms with Crippen molar-refractivity contribution in [2.75, 3.05) is 5.32 Å². The summed E-state index contributed by atoms with van der Waals surface area (Å²) in [5.74, 6) is -0.725. The molecule has 6 nitrogen and oxygen atoms in total. The number of hydrazine groups is 1. The third-order valence-electron chi connectivity index (χ3n) is 3.64. The first kappa shape index (κ1) is 16.0. The van der Waals surface area contributed by atoms with Gasteiger partial charge in [0.2, 0.25) is 17.7 Å². The number of nitrogens with one attached hydrogen (secondary N) is 3. The summed E-state index contributed by atoms with van der Waals surface area (Å²) >= 11 is 0. The molecule has 118 valence electrons. The van der Waals surface area contributed by atoms with Crippen molar-refractivity contribution in [3.05, 3.63) is 29.3 Å². The van der Waals surface area contributed by atoms with Gasteiger partial charge in [0.1, 0.15) is 0 Å². The van der Waals surface area contributed by atoms with Crippen LogP contribution in [0.4, 0.5) is 5.69 Å². The summed E-state index contributed by atoms with van der Waals surface area (Å²) < 4.78 is 0. The van der Waals surface area contributed by atoms with E-state index in [2.05, 4.69) is 16.2 Å². The van der Waals surface area contributed by atoms with Crippen LogP contribution in [-0.2, 0) is 14.4 Å². The molecule has 1 fully saturated rings. The molecular formula is C16H21N3O3. The summed E-state index contributed by atoms with van der Waals surface area (Å²) in [7, 11) is 0. The highest BCUT2D eigenvalue weighted by molar-refractivity contribution is 5.93. The molecule has 0 aliphatic heterocycles. The van der Waals surface area contributed by atoms with Crippen molar-refractivity contribution in [2.45, 2.75) is 39.5 Å². The van der Waals surface area contributed by atoms with E-state index < -0.39 is 0 Å². The van der Waals surface area contributed by atoms with Crippen molar-refractivity contribution in [3.63, 3.8) is 0 Å². The van der Waals surface area contributed by atoms with E-state index >= 15 is 0 Å². The first-order valence-corrected chi connectivity index (χ1v) is 7.41. The van der Waals surface area contributed by atoms with Crippen molar-refractivity contribution >= 4 is 23.4 Å². The van der Waals surface area contributed by atoms with E-state index in [9.17, 15) is 14.4 Å². The molecule has 0 spiro atoms. The fourth-order valence-corrected chi connectivity index (χ4v) is 1.91. The van der Waals surface area contributed by atoms with Gasteiger partial charge in [-0.2, -0.15) is 0 Å². The molecule has 0 radical (unpaired) electrons. The molecule has 3 N–H and O–H groups in total. The van der Waals surface area contributed by atoms with Crippen LogP contribution in [0, 0.1) is 19.8 Å². The molecule has 0 aromatic heterocycles. The number of hydrogen-bond acceptors (Lipinski definition) is 3. The van der Waals surface area contributed by atoms with Gasteiger partial charge in [0.15, 0.2) is 0 Å². The number of aryl methyl sites for hydroxylation is 2. The maximum atomic E-state index is 11.8. The van der Waals surface area contributed by atoms with Crippen LogP contribution in [0.15, 0.2) is 18.2 Å². The monoisotopic (exact) mass is 303 g/mol. The maximum Gasteiger partial charge on any atom is 0.241 e. The van der Waals surface area contributed by atoms with Gasteiger partial charge in [-0.3, -0.25) is 25.2 Å². The van der Waals surface area contributed by atoms with Gasteiger partial charge in [-0.25, -0.2) is 0 Å². The van der Waals surface area contributed by atoms with Gasteiger partial charge >= 0.3 is 0 Å². The predicted octanol–water partition coefficient (Wildman–Crippen LogP) is 1.58. The molecule has 0 saturated heterocycles. The Morgan fingerprint density at radius 2 is 1.68 bits per heavy atom. The Balaban J connectivity index is 1.69. The van der Waals surface area contributed by atoms with E-state index in [4.69, 9.17) is 0 Å². The quantitative estimate of drug-likeness (QED) is 0.722. The van der Waals surface area contributed by atoms with Crippen molar-refractivity contribution in [1.29, 1.82) is 0 Å². The zero-order valence-electron chi connectivity index (χ0n) is 12.9. The largest absolute Gasteiger partial charge is 0.326 e. The highest BCUT2D eigenvalue weighted by Crippen LogP contribution is 2.28. The predicted molar refractivity (Wildman–Crippen MR) is 82.8 cm³/mol. The summed E-state index contributed by atoms with van der Waals surface area (Å²) in [4.78, 5) is 34.7. The lowest BCUT2D eigenvalue weighted by Gasteiger charge is -2.08. The summed E-state index contributed by atoms with van der Waals surface area (Å²) in [6.45, 7) is 3.97. The minimum Gasteiger partial charge on any atom is -0.326 e. The zero-order chi connectivity index (χ0) is 16.1. The summed E-state index contributed by atoms with van der Waals surface area (Å²) in [5, 5.41) is 2.75. The van der Waals surface area contributed by atoms with E-state index in [1.807, 2.05) is 32.0 Å². The third kappa shape index (κ3) is 4.87. The van der Waals surface area contributed by atoms with Crippen molar-refractivity contribution in [3.8, 4) is 0 Å². The Labute approximate surface area is 129 Å². The third-order valence-corrected chi connectivity index (χ3v) is 3.64. The Kier molecular flexibility index (Phi) is 5.14. The molecule has 1 aromatic carbocycles. The van der Waals surface area contributed by atoms with Gasteiger partial charge in [-0.1, -0.05) is 6.07 Å². The molecule has 3 amide bonds. The van der Waals surface area contributed by atoms with Crippen molar-refractivity contribution in [2.24, 2.45) is 5.92 Å². The second-order valence-corrected chi connectivity index (χ2v) is 5.66. The number of benzene rings is 1. The highest BCUT2D eigenvalue weighted by atomic mass is 16.2. The van der Waals surface area contributed by atoms with Crippen LogP contribution in [0.5, 0.6) is 0 Å². The van der Waals surface area contributed by atoms with Crippen LogP contribution in [0.1, 0.15) is 36.8 Å². The minimum absolute atomic E-state index is 0.0294. The lowest BCUT2D eigenvalue weighted by Crippen LogP contribution is -2.42. The van der Waals surface area contributed by atoms with E-state index in [1.165, 1.54) is 0 Å². The lowest BCUT2D eigenvalue weighted by atomic mass is 10.1. The highest BCUT2D eigenvalue weighted by Gasteiger charge is 2.29. The van der Waals surface area contributed by atoms with Gasteiger partial charge in [0.05, 0.1) is 0 Å². The van der Waals surface area contributed by atoms with Crippen LogP contribution in [0.25, 0.3) is 0 Å². The number of amides is 3. The topological polar surface area (TPSA) is 87.3 Å². The molecule has 6 heteroatoms. The Morgan fingerprint density at radius 3 is 2.32 bits per heavy atom. The molecule has 0 heterocycles. The summed E-state index contributed by atoms with van der Waals surface area (Å²) in [6.07, 6.45) is 1.85. The molecule has 0 unspecified atom stereocenters. The second kappa shape index (κ2) is 7.06. The molecule has 1 aliphatic rings. The molecule has 0 bridgehead atoms. The summed E-state index contributed by atoms with van der Waals surface area (Å²) in [6, 6.07) is 5.66. The van der Waals surface area contributed by atoms with Gasteiger partial charge < -0.3 is 5.32 Å². The lowest BCUT2D eigenvalue weighted by molar-refractivity contribution is -0.130.